The Morgan fingerprint density at radius 1 is 1.29 bits per heavy atom. The van der Waals surface area contributed by atoms with Gasteiger partial charge in [-0.2, -0.15) is 0 Å². The van der Waals surface area contributed by atoms with Crippen molar-refractivity contribution < 1.29 is 0 Å². The molecule has 1 N–H and O–H groups in total. The highest BCUT2D eigenvalue weighted by Gasteiger charge is 2.03. The lowest BCUT2D eigenvalue weighted by Crippen LogP contribution is -2.07. The van der Waals surface area contributed by atoms with Gasteiger partial charge in [-0.15, -0.1) is 0 Å². The van der Waals surface area contributed by atoms with Gasteiger partial charge in [-0.3, -0.25) is 4.57 Å². The normalized spacial score (nSPS) is 10.5. The molecule has 1 aromatic carbocycles. The summed E-state index contributed by atoms with van der Waals surface area (Å²) in [5.74, 6) is 0.876. The van der Waals surface area contributed by atoms with Gasteiger partial charge in [0.05, 0.1) is 0 Å². The van der Waals surface area contributed by atoms with Crippen molar-refractivity contribution in [1.82, 2.24) is 9.55 Å². The molecule has 0 amide bonds. The van der Waals surface area contributed by atoms with Crippen molar-refractivity contribution in [2.24, 2.45) is 0 Å². The summed E-state index contributed by atoms with van der Waals surface area (Å²) in [7, 11) is 0. The van der Waals surface area contributed by atoms with Crippen LogP contribution < -0.4 is 5.32 Å². The van der Waals surface area contributed by atoms with Crippen LogP contribution in [-0.4, -0.2) is 16.1 Å². The zero-order chi connectivity index (χ0) is 12.1. The van der Waals surface area contributed by atoms with Gasteiger partial charge in [0.15, 0.2) is 0 Å². The van der Waals surface area contributed by atoms with Crippen molar-refractivity contribution in [1.29, 1.82) is 0 Å². The van der Waals surface area contributed by atoms with Crippen LogP contribution in [0.1, 0.15) is 19.8 Å². The average Bonchev–Trinajstić information content (AvgIpc) is 2.79. The quantitative estimate of drug-likeness (QED) is 0.819. The molecule has 1 aromatic heterocycles. The first-order chi connectivity index (χ1) is 8.31. The van der Waals surface area contributed by atoms with Crippen LogP contribution in [0.4, 0.5) is 5.95 Å². The van der Waals surface area contributed by atoms with Gasteiger partial charge < -0.3 is 5.32 Å². The van der Waals surface area contributed by atoms with E-state index in [4.69, 9.17) is 11.6 Å². The van der Waals surface area contributed by atoms with E-state index in [-0.39, 0.29) is 0 Å². The number of nitrogens with one attached hydrogen (secondary N) is 1. The second-order valence-electron chi connectivity index (χ2n) is 3.88. The van der Waals surface area contributed by atoms with E-state index >= 15 is 0 Å². The molecule has 3 nitrogen and oxygen atoms in total. The zero-order valence-corrected chi connectivity index (χ0v) is 10.6. The summed E-state index contributed by atoms with van der Waals surface area (Å²) in [4.78, 5) is 4.31. The predicted octanol–water partition coefficient (Wildman–Crippen LogP) is 3.74. The summed E-state index contributed by atoms with van der Waals surface area (Å²) in [5.41, 5.74) is 1.06. The maximum atomic E-state index is 5.87. The third-order valence-corrected chi connectivity index (χ3v) is 2.81. The van der Waals surface area contributed by atoms with E-state index in [1.54, 1.807) is 6.20 Å². The van der Waals surface area contributed by atoms with E-state index < -0.39 is 0 Å². The first-order valence-electron chi connectivity index (χ1n) is 5.84. The van der Waals surface area contributed by atoms with Crippen LogP contribution in [0.25, 0.3) is 5.69 Å². The van der Waals surface area contributed by atoms with Gasteiger partial charge in [-0.1, -0.05) is 24.9 Å². The van der Waals surface area contributed by atoms with Crippen LogP contribution in [0.5, 0.6) is 0 Å². The number of rotatable bonds is 5. The van der Waals surface area contributed by atoms with Gasteiger partial charge in [0.2, 0.25) is 5.95 Å². The summed E-state index contributed by atoms with van der Waals surface area (Å²) >= 11 is 5.87. The fraction of sp³-hybridized carbons (Fsp3) is 0.308. The zero-order valence-electron chi connectivity index (χ0n) is 9.86. The van der Waals surface area contributed by atoms with Crippen molar-refractivity contribution in [2.75, 3.05) is 11.9 Å². The van der Waals surface area contributed by atoms with Gasteiger partial charge in [0.25, 0.3) is 0 Å². The Labute approximate surface area is 106 Å². The average molecular weight is 250 g/mol. The Morgan fingerprint density at radius 2 is 2.06 bits per heavy atom. The fourth-order valence-corrected chi connectivity index (χ4v) is 1.75. The number of unbranched alkanes of at least 4 members (excludes halogenated alkanes) is 1. The lowest BCUT2D eigenvalue weighted by Gasteiger charge is -2.09. The molecule has 0 bridgehead atoms. The molecule has 0 unspecified atom stereocenters. The number of hydrogen-bond donors (Lipinski definition) is 1. The Balaban J connectivity index is 2.15. The molecule has 0 saturated heterocycles. The Hall–Kier alpha value is -1.48. The van der Waals surface area contributed by atoms with Crippen LogP contribution in [-0.2, 0) is 0 Å². The molecule has 2 rings (SSSR count). The highest BCUT2D eigenvalue weighted by Crippen LogP contribution is 2.17. The molecule has 17 heavy (non-hydrogen) atoms. The molecule has 2 aromatic rings. The molecule has 4 heteroatoms. The number of hydrogen-bond acceptors (Lipinski definition) is 2. The van der Waals surface area contributed by atoms with E-state index in [2.05, 4.69) is 17.2 Å². The number of aromatic nitrogens is 2. The molecule has 0 aliphatic rings. The minimum absolute atomic E-state index is 0.745. The molecule has 0 spiro atoms. The van der Waals surface area contributed by atoms with Crippen LogP contribution >= 0.6 is 11.6 Å². The minimum atomic E-state index is 0.745. The largest absolute Gasteiger partial charge is 0.355 e. The molecule has 0 saturated carbocycles. The molecular formula is C13H16ClN3. The second-order valence-corrected chi connectivity index (χ2v) is 4.31. The van der Waals surface area contributed by atoms with Gasteiger partial charge in [-0.25, -0.2) is 4.98 Å². The third-order valence-electron chi connectivity index (χ3n) is 2.56. The third kappa shape index (κ3) is 3.01. The SMILES string of the molecule is CCCCNc1nccn1-c1ccc(Cl)cc1. The van der Waals surface area contributed by atoms with Crippen LogP contribution in [0.2, 0.25) is 5.02 Å². The second kappa shape index (κ2) is 5.73. The van der Waals surface area contributed by atoms with E-state index in [1.165, 1.54) is 6.42 Å². The molecular weight excluding hydrogens is 234 g/mol. The summed E-state index contributed by atoms with van der Waals surface area (Å²) in [5, 5.41) is 4.07. The van der Waals surface area contributed by atoms with Gasteiger partial charge in [-0.05, 0) is 30.7 Å². The van der Waals surface area contributed by atoms with E-state index in [0.29, 0.717) is 0 Å². The Morgan fingerprint density at radius 3 is 2.76 bits per heavy atom. The van der Waals surface area contributed by atoms with Crippen molar-refractivity contribution in [3.05, 3.63) is 41.7 Å². The molecule has 90 valence electrons. The van der Waals surface area contributed by atoms with Gasteiger partial charge in [0.1, 0.15) is 0 Å². The molecule has 0 aliphatic heterocycles. The molecule has 0 aliphatic carbocycles. The lowest BCUT2D eigenvalue weighted by atomic mass is 10.3. The molecule has 0 atom stereocenters. The predicted molar refractivity (Wildman–Crippen MR) is 72.0 cm³/mol. The topological polar surface area (TPSA) is 29.9 Å². The summed E-state index contributed by atoms with van der Waals surface area (Å²) in [6, 6.07) is 7.73. The number of nitrogens with zero attached hydrogens (tertiary/aromatic N) is 2. The first kappa shape index (κ1) is 12.0. The smallest absolute Gasteiger partial charge is 0.207 e. The van der Waals surface area contributed by atoms with Crippen molar-refractivity contribution >= 4 is 17.5 Å². The fourth-order valence-electron chi connectivity index (χ4n) is 1.62. The standard InChI is InChI=1S/C13H16ClN3/c1-2-3-8-15-13-16-9-10-17(13)12-6-4-11(14)5-7-12/h4-7,9-10H,2-3,8H2,1H3,(H,15,16). The van der Waals surface area contributed by atoms with Gasteiger partial charge >= 0.3 is 0 Å². The van der Waals surface area contributed by atoms with Crippen molar-refractivity contribution in [3.63, 3.8) is 0 Å². The molecule has 1 heterocycles. The van der Waals surface area contributed by atoms with E-state index in [0.717, 1.165) is 29.6 Å². The summed E-state index contributed by atoms with van der Waals surface area (Å²) in [6.45, 7) is 3.12. The van der Waals surface area contributed by atoms with Gasteiger partial charge in [0, 0.05) is 29.6 Å². The molecule has 0 radical (unpaired) electrons. The monoisotopic (exact) mass is 249 g/mol. The highest BCUT2D eigenvalue weighted by atomic mass is 35.5. The van der Waals surface area contributed by atoms with Crippen molar-refractivity contribution in [3.8, 4) is 5.69 Å². The van der Waals surface area contributed by atoms with E-state index in [1.807, 2.05) is 35.0 Å². The first-order valence-corrected chi connectivity index (χ1v) is 6.22. The van der Waals surface area contributed by atoms with Crippen LogP contribution in [0, 0.1) is 0 Å². The number of halogens is 1. The number of anilines is 1. The minimum Gasteiger partial charge on any atom is -0.355 e. The highest BCUT2D eigenvalue weighted by molar-refractivity contribution is 6.30. The van der Waals surface area contributed by atoms with Crippen LogP contribution in [0.15, 0.2) is 36.7 Å². The Bertz CT molecular complexity index is 462. The number of imidazole rings is 1. The summed E-state index contributed by atoms with van der Waals surface area (Å²) in [6.07, 6.45) is 6.06. The van der Waals surface area contributed by atoms with Crippen LogP contribution in [0.3, 0.4) is 0 Å². The number of benzene rings is 1. The summed E-state index contributed by atoms with van der Waals surface area (Å²) < 4.78 is 2.02. The molecule has 0 fully saturated rings. The van der Waals surface area contributed by atoms with E-state index in [9.17, 15) is 0 Å². The Kier molecular flexibility index (Phi) is 4.04. The maximum Gasteiger partial charge on any atom is 0.207 e. The lowest BCUT2D eigenvalue weighted by molar-refractivity contribution is 0.823. The van der Waals surface area contributed by atoms with Crippen molar-refractivity contribution in [2.45, 2.75) is 19.8 Å². The maximum absolute atomic E-state index is 5.87.